The van der Waals surface area contributed by atoms with Gasteiger partial charge in [-0.25, -0.2) is 9.50 Å². The Morgan fingerprint density at radius 2 is 2.17 bits per heavy atom. The first-order chi connectivity index (χ1) is 10.9. The number of rotatable bonds is 6. The molecule has 0 saturated carbocycles. The molecule has 7 heteroatoms. The molecule has 0 aromatic carbocycles. The lowest BCUT2D eigenvalue weighted by Crippen LogP contribution is -2.34. The van der Waals surface area contributed by atoms with Crippen LogP contribution in [0.1, 0.15) is 13.8 Å². The highest BCUT2D eigenvalue weighted by Crippen LogP contribution is 2.25. The van der Waals surface area contributed by atoms with E-state index >= 15 is 0 Å². The molecular formula is C16H22N6S. The molecule has 6 nitrogen and oxygen atoms in total. The van der Waals surface area contributed by atoms with Crippen LogP contribution in [0.3, 0.4) is 0 Å². The Morgan fingerprint density at radius 1 is 1.35 bits per heavy atom. The van der Waals surface area contributed by atoms with Crippen molar-refractivity contribution >= 4 is 21.4 Å². The van der Waals surface area contributed by atoms with Crippen molar-refractivity contribution in [2.75, 3.05) is 32.5 Å². The minimum atomic E-state index is 0.179. The van der Waals surface area contributed by atoms with Gasteiger partial charge in [0.15, 0.2) is 0 Å². The molecule has 23 heavy (non-hydrogen) atoms. The molecule has 0 fully saturated rings. The monoisotopic (exact) mass is 330 g/mol. The average Bonchev–Trinajstić information content (AvgIpc) is 3.03. The van der Waals surface area contributed by atoms with Crippen LogP contribution < -0.4 is 5.32 Å². The van der Waals surface area contributed by atoms with E-state index in [0.717, 1.165) is 34.4 Å². The van der Waals surface area contributed by atoms with Crippen LogP contribution in [0.2, 0.25) is 0 Å². The van der Waals surface area contributed by atoms with E-state index in [1.165, 1.54) is 0 Å². The third-order valence-electron chi connectivity index (χ3n) is 3.46. The van der Waals surface area contributed by atoms with Crippen molar-refractivity contribution in [2.24, 2.45) is 5.41 Å². The van der Waals surface area contributed by atoms with E-state index in [1.54, 1.807) is 17.5 Å². The quantitative estimate of drug-likeness (QED) is 0.753. The minimum absolute atomic E-state index is 0.179. The van der Waals surface area contributed by atoms with Crippen molar-refractivity contribution in [1.82, 2.24) is 24.5 Å². The molecular weight excluding hydrogens is 308 g/mol. The SMILES string of the molecule is CN(C)CC(C)(C)CNc1nn2cc(-c3cccnc3)nc2s1. The van der Waals surface area contributed by atoms with Gasteiger partial charge in [0.25, 0.3) is 0 Å². The minimum Gasteiger partial charge on any atom is -0.359 e. The van der Waals surface area contributed by atoms with Gasteiger partial charge in [0, 0.05) is 31.0 Å². The van der Waals surface area contributed by atoms with E-state index in [0.29, 0.717) is 0 Å². The Labute approximate surface area is 140 Å². The molecule has 1 N–H and O–H groups in total. The number of nitrogens with zero attached hydrogens (tertiary/aromatic N) is 5. The van der Waals surface area contributed by atoms with Gasteiger partial charge in [-0.1, -0.05) is 25.2 Å². The van der Waals surface area contributed by atoms with E-state index in [2.05, 4.69) is 53.2 Å². The summed E-state index contributed by atoms with van der Waals surface area (Å²) in [6, 6.07) is 3.92. The van der Waals surface area contributed by atoms with Crippen molar-refractivity contribution in [3.05, 3.63) is 30.7 Å². The van der Waals surface area contributed by atoms with Gasteiger partial charge < -0.3 is 10.2 Å². The topological polar surface area (TPSA) is 58.4 Å². The van der Waals surface area contributed by atoms with Crippen LogP contribution in [0.4, 0.5) is 5.13 Å². The van der Waals surface area contributed by atoms with Gasteiger partial charge in [-0.15, -0.1) is 5.10 Å². The summed E-state index contributed by atoms with van der Waals surface area (Å²) in [5.41, 5.74) is 2.08. The standard InChI is InChI=1S/C16H22N6S/c1-16(2,11-21(3)4)10-18-14-20-22-9-13(19-15(22)23-14)12-6-5-7-17-8-12/h5-9H,10-11H2,1-4H3,(H,18,20). The van der Waals surface area contributed by atoms with Crippen LogP contribution in [-0.2, 0) is 0 Å². The number of hydrogen-bond donors (Lipinski definition) is 1. The van der Waals surface area contributed by atoms with Crippen LogP contribution in [0, 0.1) is 5.41 Å². The fraction of sp³-hybridized carbons (Fsp3) is 0.438. The molecule has 0 atom stereocenters. The third-order valence-corrected chi connectivity index (χ3v) is 4.34. The van der Waals surface area contributed by atoms with E-state index in [9.17, 15) is 0 Å². The fourth-order valence-electron chi connectivity index (χ4n) is 2.65. The number of pyridine rings is 1. The van der Waals surface area contributed by atoms with Crippen LogP contribution >= 0.6 is 11.3 Å². The summed E-state index contributed by atoms with van der Waals surface area (Å²) in [6.07, 6.45) is 5.52. The van der Waals surface area contributed by atoms with Crippen molar-refractivity contribution in [3.8, 4) is 11.3 Å². The zero-order chi connectivity index (χ0) is 16.4. The van der Waals surface area contributed by atoms with Gasteiger partial charge in [0.1, 0.15) is 0 Å². The summed E-state index contributed by atoms with van der Waals surface area (Å²) in [5.74, 6) is 0. The van der Waals surface area contributed by atoms with E-state index in [1.807, 2.05) is 29.0 Å². The lowest BCUT2D eigenvalue weighted by atomic mass is 9.93. The predicted octanol–water partition coefficient (Wildman–Crippen LogP) is 2.85. The second-order valence-electron chi connectivity index (χ2n) is 6.76. The van der Waals surface area contributed by atoms with E-state index < -0.39 is 0 Å². The van der Waals surface area contributed by atoms with Gasteiger partial charge in [-0.2, -0.15) is 0 Å². The summed E-state index contributed by atoms with van der Waals surface area (Å²) in [6.45, 7) is 6.39. The zero-order valence-corrected chi connectivity index (χ0v) is 14.8. The number of fused-ring (bicyclic) bond motifs is 1. The number of aromatic nitrogens is 4. The molecule has 0 aliphatic heterocycles. The van der Waals surface area contributed by atoms with E-state index in [4.69, 9.17) is 0 Å². The number of imidazole rings is 1. The summed E-state index contributed by atoms with van der Waals surface area (Å²) in [5, 5.41) is 8.90. The van der Waals surface area contributed by atoms with Crippen LogP contribution in [-0.4, -0.2) is 51.7 Å². The molecule has 3 aromatic rings. The first-order valence-electron chi connectivity index (χ1n) is 7.58. The first-order valence-corrected chi connectivity index (χ1v) is 8.40. The maximum atomic E-state index is 4.63. The van der Waals surface area contributed by atoms with Crippen LogP contribution in [0.5, 0.6) is 0 Å². The van der Waals surface area contributed by atoms with E-state index in [-0.39, 0.29) is 5.41 Å². The number of hydrogen-bond acceptors (Lipinski definition) is 6. The Balaban J connectivity index is 1.71. The molecule has 0 bridgehead atoms. The summed E-state index contributed by atoms with van der Waals surface area (Å²) in [7, 11) is 4.19. The van der Waals surface area contributed by atoms with Crippen molar-refractivity contribution in [1.29, 1.82) is 0 Å². The van der Waals surface area contributed by atoms with Crippen molar-refractivity contribution in [2.45, 2.75) is 13.8 Å². The fourth-order valence-corrected chi connectivity index (χ4v) is 3.43. The summed E-state index contributed by atoms with van der Waals surface area (Å²) >= 11 is 1.57. The molecule has 0 radical (unpaired) electrons. The maximum Gasteiger partial charge on any atom is 0.214 e. The Kier molecular flexibility index (Phi) is 4.32. The highest BCUT2D eigenvalue weighted by atomic mass is 32.1. The summed E-state index contributed by atoms with van der Waals surface area (Å²) in [4.78, 5) is 11.8. The Bertz CT molecular complexity index is 743. The van der Waals surface area contributed by atoms with Gasteiger partial charge >= 0.3 is 0 Å². The Hall–Kier alpha value is -1.99. The molecule has 0 unspecified atom stereocenters. The number of nitrogens with one attached hydrogen (secondary N) is 1. The molecule has 3 rings (SSSR count). The molecule has 3 heterocycles. The van der Waals surface area contributed by atoms with Gasteiger partial charge in [0.05, 0.1) is 11.9 Å². The van der Waals surface area contributed by atoms with Gasteiger partial charge in [0.2, 0.25) is 10.1 Å². The number of anilines is 1. The van der Waals surface area contributed by atoms with Crippen molar-refractivity contribution in [3.63, 3.8) is 0 Å². The maximum absolute atomic E-state index is 4.63. The third kappa shape index (κ3) is 3.86. The molecule has 0 spiro atoms. The molecule has 3 aromatic heterocycles. The smallest absolute Gasteiger partial charge is 0.214 e. The summed E-state index contributed by atoms with van der Waals surface area (Å²) < 4.78 is 1.83. The largest absolute Gasteiger partial charge is 0.359 e. The lowest BCUT2D eigenvalue weighted by Gasteiger charge is -2.28. The zero-order valence-electron chi connectivity index (χ0n) is 13.9. The second-order valence-corrected chi connectivity index (χ2v) is 7.71. The lowest BCUT2D eigenvalue weighted by molar-refractivity contribution is 0.254. The highest BCUT2D eigenvalue weighted by molar-refractivity contribution is 7.20. The highest BCUT2D eigenvalue weighted by Gasteiger charge is 2.19. The first kappa shape index (κ1) is 15.9. The van der Waals surface area contributed by atoms with Crippen LogP contribution in [0.15, 0.2) is 30.7 Å². The molecule has 0 aliphatic carbocycles. The molecule has 0 saturated heterocycles. The predicted molar refractivity (Wildman–Crippen MR) is 94.9 cm³/mol. The van der Waals surface area contributed by atoms with Crippen LogP contribution in [0.25, 0.3) is 16.2 Å². The van der Waals surface area contributed by atoms with Gasteiger partial charge in [-0.3, -0.25) is 4.98 Å². The molecule has 0 amide bonds. The normalized spacial score (nSPS) is 12.2. The molecule has 0 aliphatic rings. The van der Waals surface area contributed by atoms with Crippen molar-refractivity contribution < 1.29 is 0 Å². The second kappa shape index (κ2) is 6.25. The Morgan fingerprint density at radius 3 is 2.83 bits per heavy atom. The molecule has 122 valence electrons. The average molecular weight is 330 g/mol. The van der Waals surface area contributed by atoms with Gasteiger partial charge in [-0.05, 0) is 31.6 Å².